The van der Waals surface area contributed by atoms with E-state index < -0.39 is 18.0 Å². The van der Waals surface area contributed by atoms with Gasteiger partial charge in [-0.15, -0.1) is 0 Å². The lowest BCUT2D eigenvalue weighted by Gasteiger charge is -2.32. The molecule has 0 unspecified atom stereocenters. The van der Waals surface area contributed by atoms with E-state index in [0.717, 1.165) is 16.9 Å². The number of alkyl halides is 3. The van der Waals surface area contributed by atoms with Crippen LogP contribution >= 0.6 is 0 Å². The van der Waals surface area contributed by atoms with Gasteiger partial charge in [-0.1, -0.05) is 0 Å². The molecule has 3 atom stereocenters. The van der Waals surface area contributed by atoms with Crippen molar-refractivity contribution in [1.82, 2.24) is 19.7 Å². The van der Waals surface area contributed by atoms with Gasteiger partial charge in [0, 0.05) is 13.2 Å². The van der Waals surface area contributed by atoms with Crippen LogP contribution in [0, 0.1) is 6.92 Å². The number of nitrogens with zero attached hydrogens (tertiary/aromatic N) is 5. The number of amides is 1. The average molecular weight is 425 g/mol. The van der Waals surface area contributed by atoms with Crippen molar-refractivity contribution >= 4 is 23.4 Å². The number of carbonyl (C=O) groups is 1. The van der Waals surface area contributed by atoms with Crippen LogP contribution in [0.4, 0.5) is 30.6 Å². The SMILES string of the molecule is Cc1nc(N[C@@H]2CO[C@H](Cn3nccc3C(F)(F)F)C2)nc2c1NC(=O)[C@H](C)N2C. The summed E-state index contributed by atoms with van der Waals surface area (Å²) in [5.41, 5.74) is 0.400. The summed E-state index contributed by atoms with van der Waals surface area (Å²) in [6, 6.07) is 0.430. The van der Waals surface area contributed by atoms with E-state index in [1.807, 2.05) is 0 Å². The Morgan fingerprint density at radius 1 is 1.37 bits per heavy atom. The minimum atomic E-state index is -4.46. The zero-order valence-corrected chi connectivity index (χ0v) is 16.7. The maximum Gasteiger partial charge on any atom is 0.433 e. The highest BCUT2D eigenvalue weighted by molar-refractivity contribution is 6.03. The molecule has 12 heteroatoms. The van der Waals surface area contributed by atoms with E-state index in [1.54, 1.807) is 25.8 Å². The van der Waals surface area contributed by atoms with E-state index in [2.05, 4.69) is 25.7 Å². The van der Waals surface area contributed by atoms with Crippen molar-refractivity contribution < 1.29 is 22.7 Å². The van der Waals surface area contributed by atoms with Gasteiger partial charge in [0.25, 0.3) is 0 Å². The fourth-order valence-electron chi connectivity index (χ4n) is 3.64. The molecule has 1 amide bonds. The van der Waals surface area contributed by atoms with Gasteiger partial charge in [0.05, 0.1) is 31.0 Å². The lowest BCUT2D eigenvalue weighted by Crippen LogP contribution is -2.45. The highest BCUT2D eigenvalue weighted by Crippen LogP contribution is 2.33. The van der Waals surface area contributed by atoms with Gasteiger partial charge in [-0.25, -0.2) is 4.98 Å². The van der Waals surface area contributed by atoms with Gasteiger partial charge in [-0.05, 0) is 26.3 Å². The number of aryl methyl sites for hydroxylation is 1. The molecule has 0 bridgehead atoms. The molecule has 0 aromatic carbocycles. The Hall–Kier alpha value is -2.89. The second-order valence-corrected chi connectivity index (χ2v) is 7.54. The third kappa shape index (κ3) is 3.78. The van der Waals surface area contributed by atoms with Crippen LogP contribution in [-0.2, 0) is 22.3 Å². The topological polar surface area (TPSA) is 97.2 Å². The number of carbonyl (C=O) groups excluding carboxylic acids is 1. The molecule has 0 saturated carbocycles. The smallest absolute Gasteiger partial charge is 0.374 e. The molecular weight excluding hydrogens is 403 g/mol. The normalized spacial score (nSPS) is 24.0. The van der Waals surface area contributed by atoms with E-state index in [1.165, 1.54) is 0 Å². The number of fused-ring (bicyclic) bond motifs is 1. The molecule has 2 aliphatic rings. The summed E-state index contributed by atoms with van der Waals surface area (Å²) in [6.07, 6.45) is -3.25. The molecule has 4 rings (SSSR count). The van der Waals surface area contributed by atoms with Gasteiger partial charge >= 0.3 is 6.18 Å². The second-order valence-electron chi connectivity index (χ2n) is 7.54. The highest BCUT2D eigenvalue weighted by atomic mass is 19.4. The predicted molar refractivity (Wildman–Crippen MR) is 102 cm³/mol. The second kappa shape index (κ2) is 7.42. The predicted octanol–water partition coefficient (Wildman–Crippen LogP) is 2.05. The van der Waals surface area contributed by atoms with Crippen LogP contribution in [0.15, 0.2) is 12.3 Å². The van der Waals surface area contributed by atoms with Gasteiger partial charge in [0.15, 0.2) is 5.82 Å². The third-order valence-corrected chi connectivity index (χ3v) is 5.41. The Morgan fingerprint density at radius 2 is 2.13 bits per heavy atom. The van der Waals surface area contributed by atoms with Crippen molar-refractivity contribution in [2.24, 2.45) is 0 Å². The summed E-state index contributed by atoms with van der Waals surface area (Å²) in [5, 5.41) is 9.78. The van der Waals surface area contributed by atoms with E-state index in [4.69, 9.17) is 4.74 Å². The average Bonchev–Trinajstić information content (AvgIpc) is 3.31. The maximum atomic E-state index is 13.0. The number of hydrogen-bond donors (Lipinski definition) is 2. The number of aromatic nitrogens is 4. The summed E-state index contributed by atoms with van der Waals surface area (Å²) < 4.78 is 45.6. The molecule has 4 heterocycles. The summed E-state index contributed by atoms with van der Waals surface area (Å²) in [6.45, 7) is 3.88. The quantitative estimate of drug-likeness (QED) is 0.774. The van der Waals surface area contributed by atoms with Crippen molar-refractivity contribution in [2.45, 2.75) is 51.2 Å². The number of likely N-dealkylation sites (N-methyl/N-ethyl adjacent to an activating group) is 1. The Bertz CT molecular complexity index is 962. The Morgan fingerprint density at radius 3 is 2.87 bits per heavy atom. The van der Waals surface area contributed by atoms with E-state index >= 15 is 0 Å². The van der Waals surface area contributed by atoms with Crippen LogP contribution in [0.5, 0.6) is 0 Å². The summed E-state index contributed by atoms with van der Waals surface area (Å²) in [4.78, 5) is 22.7. The van der Waals surface area contributed by atoms with Crippen molar-refractivity contribution in [2.75, 3.05) is 29.2 Å². The zero-order chi connectivity index (χ0) is 21.6. The zero-order valence-electron chi connectivity index (χ0n) is 16.7. The molecule has 9 nitrogen and oxygen atoms in total. The molecule has 2 aromatic heterocycles. The van der Waals surface area contributed by atoms with Gasteiger partial charge in [0.2, 0.25) is 11.9 Å². The van der Waals surface area contributed by atoms with Crippen LogP contribution in [0.1, 0.15) is 24.7 Å². The maximum absolute atomic E-state index is 13.0. The summed E-state index contributed by atoms with van der Waals surface area (Å²) >= 11 is 0. The fourth-order valence-corrected chi connectivity index (χ4v) is 3.64. The largest absolute Gasteiger partial charge is 0.433 e. The monoisotopic (exact) mass is 425 g/mol. The minimum Gasteiger partial charge on any atom is -0.374 e. The van der Waals surface area contributed by atoms with E-state index in [0.29, 0.717) is 36.2 Å². The lowest BCUT2D eigenvalue weighted by atomic mass is 10.1. The van der Waals surface area contributed by atoms with Crippen LogP contribution in [0.25, 0.3) is 0 Å². The Labute approximate surface area is 170 Å². The van der Waals surface area contributed by atoms with Crippen LogP contribution in [0.2, 0.25) is 0 Å². The van der Waals surface area contributed by atoms with Gasteiger partial charge < -0.3 is 20.3 Å². The molecule has 2 aromatic rings. The van der Waals surface area contributed by atoms with E-state index in [9.17, 15) is 18.0 Å². The number of nitrogens with one attached hydrogen (secondary N) is 2. The number of ether oxygens (including phenoxy) is 1. The highest BCUT2D eigenvalue weighted by Gasteiger charge is 2.36. The first-order valence-electron chi connectivity index (χ1n) is 9.53. The fraction of sp³-hybridized carbons (Fsp3) is 0.556. The van der Waals surface area contributed by atoms with Crippen molar-refractivity contribution in [1.29, 1.82) is 0 Å². The van der Waals surface area contributed by atoms with E-state index in [-0.39, 0.29) is 24.5 Å². The molecule has 2 aliphatic heterocycles. The van der Waals surface area contributed by atoms with Crippen molar-refractivity contribution in [3.8, 4) is 0 Å². The standard InChI is InChI=1S/C18H22F3N7O2/c1-9-14-15(27(3)10(2)16(29)25-14)26-17(23-9)24-11-6-12(30-8-11)7-28-13(4-5-22-28)18(19,20)21/h4-5,10-12H,6-8H2,1-3H3,(H,25,29)(H,23,24,26)/t10-,11-,12-/m0/s1. The minimum absolute atomic E-state index is 0.0103. The first-order chi connectivity index (χ1) is 14.1. The Kier molecular flexibility index (Phi) is 5.04. The van der Waals surface area contributed by atoms with Gasteiger partial charge in [-0.3, -0.25) is 9.48 Å². The first kappa shape index (κ1) is 20.4. The van der Waals surface area contributed by atoms with Crippen molar-refractivity contribution in [3.05, 3.63) is 23.7 Å². The molecule has 0 spiro atoms. The lowest BCUT2D eigenvalue weighted by molar-refractivity contribution is -0.144. The van der Waals surface area contributed by atoms with Crippen molar-refractivity contribution in [3.63, 3.8) is 0 Å². The number of rotatable bonds is 4. The molecule has 1 fully saturated rings. The molecule has 30 heavy (non-hydrogen) atoms. The molecule has 0 aliphatic carbocycles. The number of halogens is 3. The molecular formula is C18H22F3N7O2. The summed E-state index contributed by atoms with van der Waals surface area (Å²) in [7, 11) is 1.79. The van der Waals surface area contributed by atoms with Crippen LogP contribution in [0.3, 0.4) is 0 Å². The molecule has 2 N–H and O–H groups in total. The van der Waals surface area contributed by atoms with Gasteiger partial charge in [-0.2, -0.15) is 23.3 Å². The molecule has 0 radical (unpaired) electrons. The van der Waals surface area contributed by atoms with Crippen LogP contribution < -0.4 is 15.5 Å². The number of hydrogen-bond acceptors (Lipinski definition) is 7. The third-order valence-electron chi connectivity index (χ3n) is 5.41. The van der Waals surface area contributed by atoms with Gasteiger partial charge in [0.1, 0.15) is 17.4 Å². The Balaban J connectivity index is 1.44. The number of anilines is 3. The molecule has 162 valence electrons. The first-order valence-corrected chi connectivity index (χ1v) is 9.53. The van der Waals surface area contributed by atoms with Crippen LogP contribution in [-0.4, -0.2) is 57.5 Å². The molecule has 1 saturated heterocycles. The summed E-state index contributed by atoms with van der Waals surface area (Å²) in [5.74, 6) is 0.867.